The molecule has 1 aromatic carbocycles. The van der Waals surface area contributed by atoms with Crippen LogP contribution in [0.3, 0.4) is 0 Å². The Morgan fingerprint density at radius 1 is 1.30 bits per heavy atom. The van der Waals surface area contributed by atoms with E-state index >= 15 is 0 Å². The van der Waals surface area contributed by atoms with Crippen LogP contribution in [0, 0.1) is 0 Å². The van der Waals surface area contributed by atoms with Crippen molar-refractivity contribution in [3.63, 3.8) is 0 Å². The highest BCUT2D eigenvalue weighted by Gasteiger charge is 2.36. The number of nitrogens with one attached hydrogen (secondary N) is 1. The summed E-state index contributed by atoms with van der Waals surface area (Å²) in [5, 5.41) is 3.67. The molecule has 2 atom stereocenters. The van der Waals surface area contributed by atoms with Crippen LogP contribution in [0.25, 0.3) is 0 Å². The first-order chi connectivity index (χ1) is 9.66. The van der Waals surface area contributed by atoms with E-state index in [9.17, 15) is 4.79 Å². The van der Waals surface area contributed by atoms with Crippen LogP contribution in [0.5, 0.6) is 0 Å². The zero-order chi connectivity index (χ0) is 14.1. The van der Waals surface area contributed by atoms with Gasteiger partial charge in [0.25, 0.3) is 5.91 Å². The standard InChI is InChI=1S/C15H18BrClN2O/c16-11-5-3-4-10(14(11)17)15(20)18-12-7-9-19-8-2-1-6-13(12)19/h3-5,12-13H,1-2,6-9H2,(H,18,20). The molecule has 1 aromatic rings. The summed E-state index contributed by atoms with van der Waals surface area (Å²) in [6.45, 7) is 2.27. The zero-order valence-corrected chi connectivity index (χ0v) is 13.6. The Bertz CT molecular complexity index is 523. The monoisotopic (exact) mass is 356 g/mol. The van der Waals surface area contributed by atoms with E-state index in [1.54, 1.807) is 6.07 Å². The van der Waals surface area contributed by atoms with Gasteiger partial charge < -0.3 is 5.32 Å². The summed E-state index contributed by atoms with van der Waals surface area (Å²) in [4.78, 5) is 14.9. The van der Waals surface area contributed by atoms with Crippen molar-refractivity contribution >= 4 is 33.4 Å². The topological polar surface area (TPSA) is 32.3 Å². The number of carbonyl (C=O) groups is 1. The number of carbonyl (C=O) groups excluding carboxylic acids is 1. The Morgan fingerprint density at radius 3 is 3.00 bits per heavy atom. The predicted octanol–water partition coefficient (Wildman–Crippen LogP) is 3.46. The molecule has 2 aliphatic rings. The van der Waals surface area contributed by atoms with E-state index in [4.69, 9.17) is 11.6 Å². The van der Waals surface area contributed by atoms with E-state index in [0.717, 1.165) is 17.4 Å². The highest BCUT2D eigenvalue weighted by atomic mass is 79.9. The van der Waals surface area contributed by atoms with E-state index in [2.05, 4.69) is 26.1 Å². The first kappa shape index (κ1) is 14.4. The first-order valence-corrected chi connectivity index (χ1v) is 8.33. The molecule has 0 aliphatic carbocycles. The molecule has 0 saturated carbocycles. The molecule has 1 amide bonds. The number of hydrogen-bond donors (Lipinski definition) is 1. The van der Waals surface area contributed by atoms with Crippen LogP contribution >= 0.6 is 27.5 Å². The maximum atomic E-state index is 12.4. The van der Waals surface area contributed by atoms with Crippen molar-refractivity contribution in [2.45, 2.75) is 37.8 Å². The number of nitrogens with zero attached hydrogens (tertiary/aromatic N) is 1. The second-order valence-corrected chi connectivity index (χ2v) is 6.80. The molecule has 2 fully saturated rings. The van der Waals surface area contributed by atoms with Gasteiger partial charge in [-0.15, -0.1) is 0 Å². The molecule has 0 aromatic heterocycles. The van der Waals surface area contributed by atoms with Crippen LogP contribution in [0.2, 0.25) is 5.02 Å². The Morgan fingerprint density at radius 2 is 2.15 bits per heavy atom. The summed E-state index contributed by atoms with van der Waals surface area (Å²) >= 11 is 9.56. The molecule has 1 N–H and O–H groups in total. The zero-order valence-electron chi connectivity index (χ0n) is 11.2. The Hall–Kier alpha value is -0.580. The molecular formula is C15H18BrClN2O. The fourth-order valence-corrected chi connectivity index (χ4v) is 3.92. The van der Waals surface area contributed by atoms with Gasteiger partial charge in [0.2, 0.25) is 0 Å². The second kappa shape index (κ2) is 6.04. The van der Waals surface area contributed by atoms with E-state index in [1.807, 2.05) is 12.1 Å². The lowest BCUT2D eigenvalue weighted by atomic mass is 9.99. The number of hydrogen-bond acceptors (Lipinski definition) is 2. The normalized spacial score (nSPS) is 26.3. The average molecular weight is 358 g/mol. The summed E-state index contributed by atoms with van der Waals surface area (Å²) in [7, 11) is 0. The van der Waals surface area contributed by atoms with Gasteiger partial charge >= 0.3 is 0 Å². The molecule has 0 spiro atoms. The molecule has 2 unspecified atom stereocenters. The third-order valence-corrected chi connectivity index (χ3v) is 5.67. The molecule has 20 heavy (non-hydrogen) atoms. The molecular weight excluding hydrogens is 340 g/mol. The molecule has 3 nitrogen and oxygen atoms in total. The molecule has 0 bridgehead atoms. The van der Waals surface area contributed by atoms with Crippen molar-refractivity contribution in [3.05, 3.63) is 33.3 Å². The summed E-state index contributed by atoms with van der Waals surface area (Å²) in [5.74, 6) is -0.0614. The Kier molecular flexibility index (Phi) is 4.34. The highest BCUT2D eigenvalue weighted by Crippen LogP contribution is 2.29. The third kappa shape index (κ3) is 2.74. The van der Waals surface area contributed by atoms with Crippen molar-refractivity contribution in [1.82, 2.24) is 10.2 Å². The molecule has 2 saturated heterocycles. The fourth-order valence-electron chi connectivity index (χ4n) is 3.34. The van der Waals surface area contributed by atoms with Gasteiger partial charge in [0.1, 0.15) is 0 Å². The minimum Gasteiger partial charge on any atom is -0.348 e. The van der Waals surface area contributed by atoms with Gasteiger partial charge in [0.05, 0.1) is 10.6 Å². The van der Waals surface area contributed by atoms with E-state index in [0.29, 0.717) is 16.6 Å². The molecule has 5 heteroatoms. The minimum atomic E-state index is -0.0614. The average Bonchev–Trinajstić information content (AvgIpc) is 2.85. The number of piperidine rings is 1. The lowest BCUT2D eigenvalue weighted by Crippen LogP contribution is -2.46. The van der Waals surface area contributed by atoms with E-state index < -0.39 is 0 Å². The first-order valence-electron chi connectivity index (χ1n) is 7.16. The van der Waals surface area contributed by atoms with Gasteiger partial charge in [-0.05, 0) is 53.9 Å². The van der Waals surface area contributed by atoms with Crippen molar-refractivity contribution in [2.24, 2.45) is 0 Å². The van der Waals surface area contributed by atoms with Crippen molar-refractivity contribution in [3.8, 4) is 0 Å². The number of amides is 1. The van der Waals surface area contributed by atoms with Crippen LogP contribution in [0.1, 0.15) is 36.0 Å². The van der Waals surface area contributed by atoms with Gasteiger partial charge in [-0.1, -0.05) is 24.1 Å². The fraction of sp³-hybridized carbons (Fsp3) is 0.533. The van der Waals surface area contributed by atoms with Gasteiger partial charge in [-0.2, -0.15) is 0 Å². The molecule has 108 valence electrons. The quantitative estimate of drug-likeness (QED) is 0.879. The second-order valence-electron chi connectivity index (χ2n) is 5.57. The summed E-state index contributed by atoms with van der Waals surface area (Å²) in [6.07, 6.45) is 4.79. The van der Waals surface area contributed by atoms with Crippen LogP contribution in [-0.2, 0) is 0 Å². The highest BCUT2D eigenvalue weighted by molar-refractivity contribution is 9.10. The molecule has 2 heterocycles. The Balaban J connectivity index is 1.71. The van der Waals surface area contributed by atoms with Crippen molar-refractivity contribution < 1.29 is 4.79 Å². The van der Waals surface area contributed by atoms with Gasteiger partial charge in [0, 0.05) is 23.1 Å². The summed E-state index contributed by atoms with van der Waals surface area (Å²) < 4.78 is 0.762. The lowest BCUT2D eigenvalue weighted by Gasteiger charge is -2.32. The number of fused-ring (bicyclic) bond motifs is 1. The van der Waals surface area contributed by atoms with Crippen molar-refractivity contribution in [1.29, 1.82) is 0 Å². The van der Waals surface area contributed by atoms with Gasteiger partial charge in [0.15, 0.2) is 0 Å². The predicted molar refractivity (Wildman–Crippen MR) is 84.2 cm³/mol. The van der Waals surface area contributed by atoms with Crippen LogP contribution in [0.4, 0.5) is 0 Å². The molecule has 0 radical (unpaired) electrons. The molecule has 2 aliphatic heterocycles. The molecule has 3 rings (SSSR count). The number of benzene rings is 1. The summed E-state index contributed by atoms with van der Waals surface area (Å²) in [6, 6.07) is 6.23. The van der Waals surface area contributed by atoms with Gasteiger partial charge in [-0.3, -0.25) is 9.69 Å². The van der Waals surface area contributed by atoms with Crippen LogP contribution in [0.15, 0.2) is 22.7 Å². The third-order valence-electron chi connectivity index (χ3n) is 4.37. The van der Waals surface area contributed by atoms with Crippen LogP contribution in [-0.4, -0.2) is 36.0 Å². The maximum absolute atomic E-state index is 12.4. The SMILES string of the molecule is O=C(NC1CCN2CCCCC12)c1cccc(Br)c1Cl. The summed E-state index contributed by atoms with van der Waals surface area (Å²) in [5.41, 5.74) is 0.551. The maximum Gasteiger partial charge on any atom is 0.253 e. The number of halogens is 2. The Labute approximate surface area is 132 Å². The van der Waals surface area contributed by atoms with Crippen LogP contribution < -0.4 is 5.32 Å². The lowest BCUT2D eigenvalue weighted by molar-refractivity contribution is 0.0915. The number of rotatable bonds is 2. The minimum absolute atomic E-state index is 0.0614. The van der Waals surface area contributed by atoms with E-state index in [1.165, 1.54) is 25.8 Å². The smallest absolute Gasteiger partial charge is 0.253 e. The largest absolute Gasteiger partial charge is 0.348 e. The van der Waals surface area contributed by atoms with Crippen molar-refractivity contribution in [2.75, 3.05) is 13.1 Å². The van der Waals surface area contributed by atoms with E-state index in [-0.39, 0.29) is 11.9 Å². The van der Waals surface area contributed by atoms with Gasteiger partial charge in [-0.25, -0.2) is 0 Å².